The van der Waals surface area contributed by atoms with Crippen molar-refractivity contribution in [1.82, 2.24) is 4.98 Å². The number of nitrogens with one attached hydrogen (secondary N) is 1. The number of carbonyl (C=O) groups excluding carboxylic acids is 1. The second-order valence-corrected chi connectivity index (χ2v) is 7.29. The molecule has 0 spiro atoms. The van der Waals surface area contributed by atoms with Crippen LogP contribution in [-0.2, 0) is 10.2 Å². The Morgan fingerprint density at radius 2 is 1.66 bits per heavy atom. The summed E-state index contributed by atoms with van der Waals surface area (Å²) in [4.78, 5) is 17.4. The van der Waals surface area contributed by atoms with Crippen molar-refractivity contribution in [3.63, 3.8) is 0 Å². The Labute approximate surface area is 170 Å². The molecule has 5 nitrogen and oxygen atoms in total. The third-order valence-corrected chi connectivity index (χ3v) is 5.49. The SMILES string of the molecule is COc1cccc(C2(C(=O)Nc3cccc(Oc4ccncc4)c3)CCCC2)c1. The van der Waals surface area contributed by atoms with Gasteiger partial charge in [0.1, 0.15) is 17.2 Å². The van der Waals surface area contributed by atoms with Gasteiger partial charge in [-0.25, -0.2) is 0 Å². The minimum atomic E-state index is -0.531. The summed E-state index contributed by atoms with van der Waals surface area (Å²) in [6.07, 6.45) is 7.10. The van der Waals surface area contributed by atoms with E-state index in [0.29, 0.717) is 11.5 Å². The zero-order valence-electron chi connectivity index (χ0n) is 16.4. The number of aromatic nitrogens is 1. The predicted octanol–water partition coefficient (Wildman–Crippen LogP) is 5.33. The Hall–Kier alpha value is -3.34. The Balaban J connectivity index is 1.56. The third kappa shape index (κ3) is 4.09. The number of benzene rings is 2. The average molecular weight is 388 g/mol. The number of nitrogens with zero attached hydrogens (tertiary/aromatic N) is 1. The van der Waals surface area contributed by atoms with Gasteiger partial charge in [0.05, 0.1) is 12.5 Å². The fourth-order valence-electron chi connectivity index (χ4n) is 3.98. The maximum absolute atomic E-state index is 13.4. The first-order valence-corrected chi connectivity index (χ1v) is 9.84. The van der Waals surface area contributed by atoms with Gasteiger partial charge in [0, 0.05) is 24.1 Å². The van der Waals surface area contributed by atoms with Crippen molar-refractivity contribution < 1.29 is 14.3 Å². The number of pyridine rings is 1. The first-order chi connectivity index (χ1) is 14.2. The summed E-state index contributed by atoms with van der Waals surface area (Å²) in [5.74, 6) is 2.15. The molecule has 1 heterocycles. The van der Waals surface area contributed by atoms with Gasteiger partial charge >= 0.3 is 0 Å². The van der Waals surface area contributed by atoms with E-state index in [1.165, 1.54) is 0 Å². The smallest absolute Gasteiger partial charge is 0.235 e. The van der Waals surface area contributed by atoms with Crippen molar-refractivity contribution in [3.8, 4) is 17.2 Å². The van der Waals surface area contributed by atoms with Crippen molar-refractivity contribution in [2.24, 2.45) is 0 Å². The van der Waals surface area contributed by atoms with E-state index in [9.17, 15) is 4.79 Å². The molecule has 0 radical (unpaired) electrons. The molecular formula is C24H24N2O3. The maximum Gasteiger partial charge on any atom is 0.235 e. The normalized spacial score (nSPS) is 14.9. The molecule has 0 bridgehead atoms. The summed E-state index contributed by atoms with van der Waals surface area (Å²) in [7, 11) is 1.65. The van der Waals surface area contributed by atoms with Crippen LogP contribution in [0.3, 0.4) is 0 Å². The van der Waals surface area contributed by atoms with E-state index in [1.807, 2.05) is 48.5 Å². The van der Waals surface area contributed by atoms with Gasteiger partial charge < -0.3 is 14.8 Å². The fraction of sp³-hybridized carbons (Fsp3) is 0.250. The second-order valence-electron chi connectivity index (χ2n) is 7.29. The minimum Gasteiger partial charge on any atom is -0.497 e. The van der Waals surface area contributed by atoms with Crippen LogP contribution in [0, 0.1) is 0 Å². The van der Waals surface area contributed by atoms with Crippen LogP contribution in [-0.4, -0.2) is 18.0 Å². The number of rotatable bonds is 6. The summed E-state index contributed by atoms with van der Waals surface area (Å²) < 4.78 is 11.2. The minimum absolute atomic E-state index is 0.0179. The standard InChI is InChI=1S/C24H24N2O3/c1-28-21-8-4-6-18(16-21)24(12-2-3-13-24)23(27)26-19-7-5-9-22(17-19)29-20-10-14-25-15-11-20/h4-11,14-17H,2-3,12-13H2,1H3,(H,26,27). The lowest BCUT2D eigenvalue weighted by atomic mass is 9.78. The molecule has 1 aromatic heterocycles. The van der Waals surface area contributed by atoms with Crippen molar-refractivity contribution in [2.45, 2.75) is 31.1 Å². The molecule has 3 aromatic rings. The van der Waals surface area contributed by atoms with Gasteiger partial charge in [-0.1, -0.05) is 31.0 Å². The molecule has 1 aliphatic rings. The Kier molecular flexibility index (Phi) is 5.47. The van der Waals surface area contributed by atoms with E-state index in [2.05, 4.69) is 10.3 Å². The van der Waals surface area contributed by atoms with Crippen LogP contribution in [0.4, 0.5) is 5.69 Å². The van der Waals surface area contributed by atoms with Gasteiger partial charge in [-0.2, -0.15) is 0 Å². The maximum atomic E-state index is 13.4. The van der Waals surface area contributed by atoms with Crippen molar-refractivity contribution in [3.05, 3.63) is 78.6 Å². The molecule has 0 aliphatic heterocycles. The average Bonchev–Trinajstić information content (AvgIpc) is 3.26. The molecule has 1 fully saturated rings. The molecule has 29 heavy (non-hydrogen) atoms. The summed E-state index contributed by atoms with van der Waals surface area (Å²) in [6.45, 7) is 0. The summed E-state index contributed by atoms with van der Waals surface area (Å²) in [5, 5.41) is 3.11. The van der Waals surface area contributed by atoms with Gasteiger partial charge in [0.15, 0.2) is 0 Å². The lowest BCUT2D eigenvalue weighted by Crippen LogP contribution is -2.38. The lowest BCUT2D eigenvalue weighted by molar-refractivity contribution is -0.121. The molecule has 0 atom stereocenters. The van der Waals surface area contributed by atoms with Crippen LogP contribution in [0.25, 0.3) is 0 Å². The molecule has 0 saturated heterocycles. The van der Waals surface area contributed by atoms with Gasteiger partial charge in [0.2, 0.25) is 5.91 Å². The summed E-state index contributed by atoms with van der Waals surface area (Å²) in [6, 6.07) is 18.9. The highest BCUT2D eigenvalue weighted by Crippen LogP contribution is 2.43. The highest BCUT2D eigenvalue weighted by Gasteiger charge is 2.42. The fourth-order valence-corrected chi connectivity index (χ4v) is 3.98. The Bertz CT molecular complexity index is 982. The van der Waals surface area contributed by atoms with E-state index in [1.54, 1.807) is 31.6 Å². The van der Waals surface area contributed by atoms with Crippen molar-refractivity contribution in [1.29, 1.82) is 0 Å². The molecule has 1 amide bonds. The zero-order chi connectivity index (χ0) is 20.1. The zero-order valence-corrected chi connectivity index (χ0v) is 16.4. The van der Waals surface area contributed by atoms with Gasteiger partial charge in [0.25, 0.3) is 0 Å². The van der Waals surface area contributed by atoms with Crippen molar-refractivity contribution >= 4 is 11.6 Å². The predicted molar refractivity (Wildman–Crippen MR) is 113 cm³/mol. The van der Waals surface area contributed by atoms with E-state index in [-0.39, 0.29) is 5.91 Å². The topological polar surface area (TPSA) is 60.5 Å². The lowest BCUT2D eigenvalue weighted by Gasteiger charge is -2.28. The summed E-state index contributed by atoms with van der Waals surface area (Å²) >= 11 is 0. The van der Waals surface area contributed by atoms with E-state index < -0.39 is 5.41 Å². The van der Waals surface area contributed by atoms with E-state index >= 15 is 0 Å². The van der Waals surface area contributed by atoms with Crippen LogP contribution < -0.4 is 14.8 Å². The molecule has 1 aliphatic carbocycles. The number of hydrogen-bond acceptors (Lipinski definition) is 4. The Morgan fingerprint density at radius 3 is 2.41 bits per heavy atom. The van der Waals surface area contributed by atoms with Gasteiger partial charge in [-0.15, -0.1) is 0 Å². The second kappa shape index (κ2) is 8.35. The Morgan fingerprint density at radius 1 is 0.931 bits per heavy atom. The molecule has 2 aromatic carbocycles. The largest absolute Gasteiger partial charge is 0.497 e. The molecular weight excluding hydrogens is 364 g/mol. The molecule has 1 N–H and O–H groups in total. The van der Waals surface area contributed by atoms with Crippen LogP contribution >= 0.6 is 0 Å². The van der Waals surface area contributed by atoms with Crippen LogP contribution in [0.5, 0.6) is 17.2 Å². The number of ether oxygens (including phenoxy) is 2. The van der Waals surface area contributed by atoms with Crippen LogP contribution in [0.15, 0.2) is 73.1 Å². The summed E-state index contributed by atoms with van der Waals surface area (Å²) in [5.41, 5.74) is 1.20. The number of anilines is 1. The highest BCUT2D eigenvalue weighted by molar-refractivity contribution is 5.99. The number of amides is 1. The van der Waals surface area contributed by atoms with Crippen LogP contribution in [0.2, 0.25) is 0 Å². The molecule has 148 valence electrons. The van der Waals surface area contributed by atoms with E-state index in [4.69, 9.17) is 9.47 Å². The molecule has 0 unspecified atom stereocenters. The molecule has 4 rings (SSSR count). The quantitative estimate of drug-likeness (QED) is 0.620. The van der Waals surface area contributed by atoms with Gasteiger partial charge in [-0.3, -0.25) is 9.78 Å². The van der Waals surface area contributed by atoms with Gasteiger partial charge in [-0.05, 0) is 54.8 Å². The molecule has 1 saturated carbocycles. The van der Waals surface area contributed by atoms with Crippen molar-refractivity contribution in [2.75, 3.05) is 12.4 Å². The number of methoxy groups -OCH3 is 1. The van der Waals surface area contributed by atoms with Crippen LogP contribution in [0.1, 0.15) is 31.2 Å². The monoisotopic (exact) mass is 388 g/mol. The highest BCUT2D eigenvalue weighted by atomic mass is 16.5. The number of carbonyl (C=O) groups is 1. The third-order valence-electron chi connectivity index (χ3n) is 5.49. The molecule has 5 heteroatoms. The first kappa shape index (κ1) is 19.0. The first-order valence-electron chi connectivity index (χ1n) is 9.84. The number of hydrogen-bond donors (Lipinski definition) is 1. The van der Waals surface area contributed by atoms with E-state index in [0.717, 1.165) is 42.7 Å².